The van der Waals surface area contributed by atoms with Crippen LogP contribution in [-0.2, 0) is 20.0 Å². The van der Waals surface area contributed by atoms with Gasteiger partial charge in [-0.05, 0) is 29.7 Å². The van der Waals surface area contributed by atoms with Crippen molar-refractivity contribution in [1.82, 2.24) is 4.57 Å². The number of hydrogen-bond acceptors (Lipinski definition) is 2. The molecule has 0 N–H and O–H groups in total. The average Bonchev–Trinajstić information content (AvgIpc) is 3.05. The fourth-order valence-electron chi connectivity index (χ4n) is 4.00. The molecule has 0 radical (unpaired) electrons. The molecule has 0 bridgehead atoms. The summed E-state index contributed by atoms with van der Waals surface area (Å²) in [7, 11) is 1.97. The van der Waals surface area contributed by atoms with Gasteiger partial charge >= 0.3 is 6.36 Å². The third-order valence-corrected chi connectivity index (χ3v) is 5.44. The molecule has 0 saturated heterocycles. The third kappa shape index (κ3) is 4.66. The van der Waals surface area contributed by atoms with Gasteiger partial charge in [-0.25, -0.2) is 0 Å². The smallest absolute Gasteiger partial charge is 0.406 e. The van der Waals surface area contributed by atoms with Gasteiger partial charge in [-0.1, -0.05) is 42.5 Å². The number of ketones is 1. The normalized spacial score (nSPS) is 11.7. The zero-order valence-corrected chi connectivity index (χ0v) is 17.7. The van der Waals surface area contributed by atoms with E-state index >= 15 is 0 Å². The summed E-state index contributed by atoms with van der Waals surface area (Å²) in [4.78, 5) is 12.8. The molecule has 32 heavy (non-hydrogen) atoms. The van der Waals surface area contributed by atoms with E-state index in [1.165, 1.54) is 29.3 Å². The number of carbonyl (C=O) groups is 1. The molecule has 164 valence electrons. The zero-order valence-electron chi connectivity index (χ0n) is 17.7. The third-order valence-electron chi connectivity index (χ3n) is 5.44. The molecule has 0 aliphatic carbocycles. The van der Waals surface area contributed by atoms with Crippen LogP contribution in [0.15, 0.2) is 73.1 Å². The van der Waals surface area contributed by atoms with Gasteiger partial charge in [0, 0.05) is 37.2 Å². The van der Waals surface area contributed by atoms with Crippen LogP contribution in [-0.4, -0.2) is 16.7 Å². The number of hydrogen-bond donors (Lipinski definition) is 0. The molecular weight excluding hydrogens is 417 g/mol. The van der Waals surface area contributed by atoms with Crippen LogP contribution in [0, 0.1) is 6.92 Å². The van der Waals surface area contributed by atoms with E-state index in [4.69, 9.17) is 0 Å². The van der Waals surface area contributed by atoms with Crippen LogP contribution in [0.25, 0.3) is 10.9 Å². The van der Waals surface area contributed by atoms with E-state index < -0.39 is 12.1 Å². The monoisotopic (exact) mass is 439 g/mol. The Balaban J connectivity index is 1.60. The van der Waals surface area contributed by atoms with Gasteiger partial charge in [0.1, 0.15) is 11.3 Å². The van der Waals surface area contributed by atoms with Crippen LogP contribution >= 0.6 is 0 Å². The Bertz CT molecular complexity index is 1280. The highest BCUT2D eigenvalue weighted by atomic mass is 19.4. The van der Waals surface area contributed by atoms with Crippen molar-refractivity contribution >= 4 is 16.7 Å². The van der Waals surface area contributed by atoms with E-state index in [2.05, 4.69) is 23.1 Å². The number of ether oxygens (including phenoxy) is 1. The van der Waals surface area contributed by atoms with Crippen LogP contribution < -0.4 is 9.30 Å². The molecule has 0 aliphatic rings. The molecule has 2 heterocycles. The SMILES string of the molecule is Cc1c2c(cc[n+]1CC(=O)c1cccc(OC(F)(F)F)c1)c(Cc1ccccc1)cn2C. The molecule has 0 spiro atoms. The minimum atomic E-state index is -4.80. The van der Waals surface area contributed by atoms with E-state index in [9.17, 15) is 18.0 Å². The molecule has 0 aliphatic heterocycles. The highest BCUT2D eigenvalue weighted by Crippen LogP contribution is 2.25. The summed E-state index contributed by atoms with van der Waals surface area (Å²) in [5, 5.41) is 1.11. The predicted octanol–water partition coefficient (Wildman–Crippen LogP) is 5.15. The van der Waals surface area contributed by atoms with Crippen LogP contribution in [0.1, 0.15) is 27.2 Å². The lowest BCUT2D eigenvalue weighted by atomic mass is 10.0. The van der Waals surface area contributed by atoms with Gasteiger partial charge in [-0.3, -0.25) is 4.79 Å². The molecule has 2 aromatic carbocycles. The van der Waals surface area contributed by atoms with Gasteiger partial charge < -0.3 is 9.30 Å². The number of aryl methyl sites for hydroxylation is 2. The van der Waals surface area contributed by atoms with E-state index in [1.807, 2.05) is 53.6 Å². The molecule has 4 rings (SSSR count). The summed E-state index contributed by atoms with van der Waals surface area (Å²) in [6.45, 7) is 1.95. The lowest BCUT2D eigenvalue weighted by Crippen LogP contribution is -2.40. The van der Waals surface area contributed by atoms with Crippen molar-refractivity contribution in [1.29, 1.82) is 0 Å². The Morgan fingerprint density at radius 3 is 2.53 bits per heavy atom. The Hall–Kier alpha value is -3.61. The Kier molecular flexibility index (Phi) is 5.74. The van der Waals surface area contributed by atoms with Crippen LogP contribution in [0.5, 0.6) is 5.75 Å². The average molecular weight is 439 g/mol. The summed E-state index contributed by atoms with van der Waals surface area (Å²) < 4.78 is 45.2. The van der Waals surface area contributed by atoms with E-state index in [-0.39, 0.29) is 17.9 Å². The standard InChI is InChI=1S/C25H22F3N2O2/c1-17-24-22(20(15-29(24)2)13-18-7-4-3-5-8-18)11-12-30(17)16-23(31)19-9-6-10-21(14-19)32-25(26,27)28/h3-12,14-15H,13,16H2,1-2H3/q+1. The first kappa shape index (κ1) is 21.6. The molecule has 7 heteroatoms. The first-order chi connectivity index (χ1) is 15.2. The number of carbonyl (C=O) groups excluding carboxylic acids is 1. The molecule has 4 nitrogen and oxygen atoms in total. The number of Topliss-reactive ketones (excluding diaryl/α,β-unsaturated/α-hetero) is 1. The fraction of sp³-hybridized carbons (Fsp3) is 0.200. The van der Waals surface area contributed by atoms with Crippen LogP contribution in [0.2, 0.25) is 0 Å². The van der Waals surface area contributed by atoms with Crippen molar-refractivity contribution in [3.63, 3.8) is 0 Å². The largest absolute Gasteiger partial charge is 0.573 e. The molecule has 0 saturated carbocycles. The van der Waals surface area contributed by atoms with E-state index in [0.717, 1.165) is 29.1 Å². The molecular formula is C25H22F3N2O2+. The van der Waals surface area contributed by atoms with Crippen LogP contribution in [0.3, 0.4) is 0 Å². The van der Waals surface area contributed by atoms with Gasteiger partial charge in [-0.2, -0.15) is 4.57 Å². The predicted molar refractivity (Wildman–Crippen MR) is 115 cm³/mol. The highest BCUT2D eigenvalue weighted by Gasteiger charge is 2.31. The van der Waals surface area contributed by atoms with Gasteiger partial charge in [0.15, 0.2) is 6.20 Å². The second kappa shape index (κ2) is 8.49. The molecule has 0 atom stereocenters. The van der Waals surface area contributed by atoms with Gasteiger partial charge in [0.25, 0.3) is 0 Å². The van der Waals surface area contributed by atoms with Crippen molar-refractivity contribution in [2.24, 2.45) is 7.05 Å². The van der Waals surface area contributed by atoms with E-state index in [0.29, 0.717) is 0 Å². The van der Waals surface area contributed by atoms with Gasteiger partial charge in [0.05, 0.1) is 0 Å². The minimum absolute atomic E-state index is 0.0104. The summed E-state index contributed by atoms with van der Waals surface area (Å²) in [6.07, 6.45) is -0.0660. The maximum atomic E-state index is 12.8. The van der Waals surface area contributed by atoms with Crippen molar-refractivity contribution in [2.75, 3.05) is 0 Å². The van der Waals surface area contributed by atoms with Crippen molar-refractivity contribution in [2.45, 2.75) is 26.3 Å². The summed E-state index contributed by atoms with van der Waals surface area (Å²) in [5.41, 5.74) is 4.48. The molecule has 0 amide bonds. The Labute approximate surface area is 183 Å². The maximum Gasteiger partial charge on any atom is 0.573 e. The lowest BCUT2D eigenvalue weighted by Gasteiger charge is -2.09. The first-order valence-corrected chi connectivity index (χ1v) is 10.1. The van der Waals surface area contributed by atoms with Crippen molar-refractivity contribution in [3.05, 3.63) is 95.4 Å². The minimum Gasteiger partial charge on any atom is -0.406 e. The van der Waals surface area contributed by atoms with E-state index in [1.54, 1.807) is 0 Å². The summed E-state index contributed by atoms with van der Waals surface area (Å²) in [5.74, 6) is -0.711. The topological polar surface area (TPSA) is 35.1 Å². The number of aromatic nitrogens is 2. The highest BCUT2D eigenvalue weighted by molar-refractivity contribution is 5.95. The molecule has 0 fully saturated rings. The maximum absolute atomic E-state index is 12.8. The zero-order chi connectivity index (χ0) is 22.9. The molecule has 2 aromatic heterocycles. The Morgan fingerprint density at radius 1 is 1.06 bits per heavy atom. The van der Waals surface area contributed by atoms with Crippen LogP contribution in [0.4, 0.5) is 13.2 Å². The fourth-order valence-corrected chi connectivity index (χ4v) is 4.00. The molecule has 4 aromatic rings. The number of fused-ring (bicyclic) bond motifs is 1. The summed E-state index contributed by atoms with van der Waals surface area (Å²) in [6, 6.07) is 17.3. The molecule has 0 unspecified atom stereocenters. The number of alkyl halides is 3. The van der Waals surface area contributed by atoms with Crippen molar-refractivity contribution < 1.29 is 27.3 Å². The van der Waals surface area contributed by atoms with Gasteiger partial charge in [-0.15, -0.1) is 13.2 Å². The second-order valence-corrected chi connectivity index (χ2v) is 7.72. The van der Waals surface area contributed by atoms with Gasteiger partial charge in [0.2, 0.25) is 18.0 Å². The number of pyridine rings is 1. The lowest BCUT2D eigenvalue weighted by molar-refractivity contribution is -0.687. The number of halogens is 3. The second-order valence-electron chi connectivity index (χ2n) is 7.72. The number of benzene rings is 2. The Morgan fingerprint density at radius 2 is 1.81 bits per heavy atom. The van der Waals surface area contributed by atoms with Crippen molar-refractivity contribution in [3.8, 4) is 5.75 Å². The first-order valence-electron chi connectivity index (χ1n) is 10.1. The quantitative estimate of drug-likeness (QED) is 0.308. The number of nitrogens with zero attached hydrogens (tertiary/aromatic N) is 2. The summed E-state index contributed by atoms with van der Waals surface area (Å²) >= 11 is 0. The number of rotatable bonds is 6.